The maximum absolute atomic E-state index is 14.1. The number of nitrogens with one attached hydrogen (secondary N) is 1. The summed E-state index contributed by atoms with van der Waals surface area (Å²) in [5.74, 6) is -0.613. The number of carbonyl (C=O) groups is 1. The predicted molar refractivity (Wildman–Crippen MR) is 113 cm³/mol. The van der Waals surface area contributed by atoms with Crippen LogP contribution in [0.3, 0.4) is 0 Å². The topological polar surface area (TPSA) is 69.7 Å². The Morgan fingerprint density at radius 1 is 1.13 bits per heavy atom. The molecule has 0 saturated carbocycles. The number of rotatable bonds is 6. The Bertz CT molecular complexity index is 902. The van der Waals surface area contributed by atoms with Crippen LogP contribution >= 0.6 is 0 Å². The summed E-state index contributed by atoms with van der Waals surface area (Å²) < 4.78 is 31.5. The summed E-state index contributed by atoms with van der Waals surface area (Å²) in [7, 11) is -0.746. The number of hydrogen-bond donors (Lipinski definition) is 1. The summed E-state index contributed by atoms with van der Waals surface area (Å²) in [4.78, 5) is 15.9. The molecule has 30 heavy (non-hydrogen) atoms. The maximum Gasteiger partial charge on any atom is 0.492 e. The molecule has 0 atom stereocenters. The van der Waals surface area contributed by atoms with E-state index in [1.54, 1.807) is 18.2 Å². The van der Waals surface area contributed by atoms with Crippen LogP contribution < -0.4 is 5.32 Å². The number of pyridine rings is 1. The minimum Gasteiger partial charge on any atom is -0.445 e. The summed E-state index contributed by atoms with van der Waals surface area (Å²) in [5, 5.41) is 2.69. The van der Waals surface area contributed by atoms with Gasteiger partial charge in [0.2, 0.25) is 5.95 Å². The van der Waals surface area contributed by atoms with Crippen molar-refractivity contribution < 1.29 is 23.2 Å². The highest BCUT2D eigenvalue weighted by atomic mass is 19.1. The van der Waals surface area contributed by atoms with Gasteiger partial charge in [-0.15, -0.1) is 0 Å². The zero-order chi connectivity index (χ0) is 21.8. The van der Waals surface area contributed by atoms with Gasteiger partial charge >= 0.3 is 13.2 Å². The van der Waals surface area contributed by atoms with E-state index in [1.807, 2.05) is 58.0 Å². The van der Waals surface area contributed by atoms with Crippen molar-refractivity contribution in [2.45, 2.75) is 45.5 Å². The molecule has 0 bridgehead atoms. The van der Waals surface area contributed by atoms with E-state index >= 15 is 0 Å². The first-order valence-electron chi connectivity index (χ1n) is 9.79. The van der Waals surface area contributed by atoms with Crippen LogP contribution in [0.1, 0.15) is 38.8 Å². The lowest BCUT2D eigenvalue weighted by molar-refractivity contribution is 0.00578. The number of hydrogen-bond acceptors (Lipinski definition) is 5. The first kappa shape index (κ1) is 22.0. The molecule has 1 N–H and O–H groups in total. The third kappa shape index (κ3) is 5.26. The van der Waals surface area contributed by atoms with Crippen molar-refractivity contribution in [3.8, 4) is 0 Å². The van der Waals surface area contributed by atoms with E-state index < -0.39 is 30.4 Å². The number of nitrogens with zero attached hydrogens (tertiary/aromatic N) is 1. The molecular formula is C22H26BFN2O4. The smallest absolute Gasteiger partial charge is 0.445 e. The maximum atomic E-state index is 14.1. The third-order valence-corrected chi connectivity index (χ3v) is 5.33. The van der Waals surface area contributed by atoms with E-state index in [-0.39, 0.29) is 18.7 Å². The van der Waals surface area contributed by atoms with Crippen LogP contribution in [-0.4, -0.2) is 35.9 Å². The average Bonchev–Trinajstić information content (AvgIpc) is 2.92. The van der Waals surface area contributed by atoms with Crippen molar-refractivity contribution in [2.24, 2.45) is 0 Å². The molecular weight excluding hydrogens is 386 g/mol. The molecule has 1 amide bonds. The van der Waals surface area contributed by atoms with Crippen LogP contribution in [0.4, 0.5) is 9.18 Å². The molecule has 2 heterocycles. The Morgan fingerprint density at radius 2 is 1.80 bits per heavy atom. The third-order valence-electron chi connectivity index (χ3n) is 5.33. The molecule has 2 aromatic rings. The van der Waals surface area contributed by atoms with Crippen molar-refractivity contribution in [1.82, 2.24) is 10.3 Å². The first-order chi connectivity index (χ1) is 14.2. The Balaban J connectivity index is 1.72. The van der Waals surface area contributed by atoms with Gasteiger partial charge in [-0.05, 0) is 50.9 Å². The molecule has 1 saturated heterocycles. The number of ether oxygens (including phenoxy) is 1. The zero-order valence-corrected chi connectivity index (χ0v) is 17.6. The van der Waals surface area contributed by atoms with E-state index in [9.17, 15) is 9.18 Å². The van der Waals surface area contributed by atoms with Gasteiger partial charge < -0.3 is 19.4 Å². The minimum atomic E-state index is -0.746. The molecule has 0 aliphatic carbocycles. The van der Waals surface area contributed by atoms with E-state index in [0.717, 1.165) is 5.56 Å². The number of alkyl carbamates (subject to hydrolysis) is 1. The number of halogens is 1. The number of benzene rings is 1. The fourth-order valence-corrected chi connectivity index (χ4v) is 2.85. The molecule has 8 heteroatoms. The highest BCUT2D eigenvalue weighted by Gasteiger charge is 2.52. The number of amides is 1. The van der Waals surface area contributed by atoms with Crippen molar-refractivity contribution in [2.75, 3.05) is 6.54 Å². The average molecular weight is 412 g/mol. The largest absolute Gasteiger partial charge is 0.492 e. The minimum absolute atomic E-state index is 0.0682. The summed E-state index contributed by atoms with van der Waals surface area (Å²) in [6.45, 7) is 7.93. The lowest BCUT2D eigenvalue weighted by Gasteiger charge is -2.32. The van der Waals surface area contributed by atoms with Crippen LogP contribution in [0.5, 0.6) is 0 Å². The molecule has 3 rings (SSSR count). The van der Waals surface area contributed by atoms with Gasteiger partial charge in [-0.3, -0.25) is 0 Å². The Hall–Kier alpha value is -2.71. The van der Waals surface area contributed by atoms with E-state index in [2.05, 4.69) is 10.3 Å². The van der Waals surface area contributed by atoms with E-state index in [1.165, 1.54) is 6.20 Å². The van der Waals surface area contributed by atoms with Gasteiger partial charge in [0.05, 0.1) is 11.2 Å². The van der Waals surface area contributed by atoms with Crippen LogP contribution in [0.25, 0.3) is 6.08 Å². The summed E-state index contributed by atoms with van der Waals surface area (Å²) in [6.07, 6.45) is 2.37. The fraction of sp³-hybridized carbons (Fsp3) is 0.364. The van der Waals surface area contributed by atoms with Crippen LogP contribution in [-0.2, 0) is 20.7 Å². The summed E-state index contributed by atoms with van der Waals surface area (Å²) in [5.41, 5.74) is 0.571. The highest BCUT2D eigenvalue weighted by Crippen LogP contribution is 2.38. The quantitative estimate of drug-likeness (QED) is 0.570. The molecule has 1 aromatic heterocycles. The van der Waals surface area contributed by atoms with Crippen LogP contribution in [0.2, 0.25) is 0 Å². The van der Waals surface area contributed by atoms with Gasteiger partial charge in [0, 0.05) is 18.3 Å². The first-order valence-corrected chi connectivity index (χ1v) is 9.79. The molecule has 0 spiro atoms. The second kappa shape index (κ2) is 8.98. The lowest BCUT2D eigenvalue weighted by Crippen LogP contribution is -2.41. The second-order valence-corrected chi connectivity index (χ2v) is 8.11. The van der Waals surface area contributed by atoms with Crippen molar-refractivity contribution in [1.29, 1.82) is 0 Å². The van der Waals surface area contributed by atoms with Gasteiger partial charge in [-0.1, -0.05) is 36.4 Å². The van der Waals surface area contributed by atoms with Gasteiger partial charge in [0.25, 0.3) is 0 Å². The molecule has 1 aromatic carbocycles. The van der Waals surface area contributed by atoms with Gasteiger partial charge in [0.1, 0.15) is 6.61 Å². The Labute approximate surface area is 176 Å². The standard InChI is InChI=1S/C22H26BFN2O4/c1-21(2)22(3,4)30-23(29-21)18(13-17-11-8-12-25-19(17)24)14-26-20(27)28-15-16-9-6-5-7-10-16/h5-13H,14-15H2,1-4H3,(H,26,27). The molecule has 1 fully saturated rings. The van der Waals surface area contributed by atoms with Crippen molar-refractivity contribution in [3.05, 3.63) is 71.2 Å². The second-order valence-electron chi connectivity index (χ2n) is 8.11. The molecule has 0 radical (unpaired) electrons. The Morgan fingerprint density at radius 3 is 2.43 bits per heavy atom. The monoisotopic (exact) mass is 412 g/mol. The van der Waals surface area contributed by atoms with Crippen molar-refractivity contribution in [3.63, 3.8) is 0 Å². The summed E-state index contributed by atoms with van der Waals surface area (Å²) in [6, 6.07) is 12.6. The van der Waals surface area contributed by atoms with Gasteiger partial charge in [-0.2, -0.15) is 4.39 Å². The number of carbonyl (C=O) groups excluding carboxylic acids is 1. The molecule has 1 aliphatic rings. The fourth-order valence-electron chi connectivity index (χ4n) is 2.85. The molecule has 1 aliphatic heterocycles. The highest BCUT2D eigenvalue weighted by molar-refractivity contribution is 6.56. The van der Waals surface area contributed by atoms with Crippen molar-refractivity contribution >= 4 is 19.3 Å². The molecule has 0 unspecified atom stereocenters. The Kier molecular flexibility index (Phi) is 6.58. The molecule has 6 nitrogen and oxygen atoms in total. The SMILES string of the molecule is CC1(C)OB(C(=Cc2cccnc2F)CNC(=O)OCc2ccccc2)OC1(C)C. The normalized spacial score (nSPS) is 17.6. The van der Waals surface area contributed by atoms with Gasteiger partial charge in [0.15, 0.2) is 0 Å². The lowest BCUT2D eigenvalue weighted by atomic mass is 9.77. The van der Waals surface area contributed by atoms with Crippen LogP contribution in [0.15, 0.2) is 54.1 Å². The van der Waals surface area contributed by atoms with Gasteiger partial charge in [-0.25, -0.2) is 9.78 Å². The summed E-state index contributed by atoms with van der Waals surface area (Å²) >= 11 is 0. The molecule has 158 valence electrons. The number of aromatic nitrogens is 1. The van der Waals surface area contributed by atoms with E-state index in [0.29, 0.717) is 5.47 Å². The van der Waals surface area contributed by atoms with E-state index in [4.69, 9.17) is 14.0 Å². The predicted octanol–water partition coefficient (Wildman–Crippen LogP) is 4.16. The zero-order valence-electron chi connectivity index (χ0n) is 17.6. The van der Waals surface area contributed by atoms with Crippen LogP contribution in [0, 0.1) is 5.95 Å².